The second kappa shape index (κ2) is 5.24. The lowest BCUT2D eigenvalue weighted by Crippen LogP contribution is -1.92. The number of benzene rings is 2. The molecule has 2 N–H and O–H groups in total. The van der Waals surface area contributed by atoms with Gasteiger partial charge in [0.25, 0.3) is 0 Å². The van der Waals surface area contributed by atoms with Crippen molar-refractivity contribution in [3.8, 4) is 16.3 Å². The molecule has 2 aromatic carbocycles. The molecule has 3 rings (SSSR count). The lowest BCUT2D eigenvalue weighted by molar-refractivity contribution is 0.416. The Morgan fingerprint density at radius 3 is 2.85 bits per heavy atom. The molecule has 0 radical (unpaired) electrons. The van der Waals surface area contributed by atoms with Crippen molar-refractivity contribution in [1.29, 1.82) is 0 Å². The van der Waals surface area contributed by atoms with Gasteiger partial charge in [0.2, 0.25) is 0 Å². The zero-order valence-corrected chi connectivity index (χ0v) is 13.6. The van der Waals surface area contributed by atoms with Gasteiger partial charge >= 0.3 is 0 Å². The van der Waals surface area contributed by atoms with E-state index in [0.29, 0.717) is 16.5 Å². The fourth-order valence-electron chi connectivity index (χ4n) is 1.92. The average molecular weight is 370 g/mol. The van der Waals surface area contributed by atoms with Gasteiger partial charge in [-0.05, 0) is 24.3 Å². The van der Waals surface area contributed by atoms with Gasteiger partial charge in [0.05, 0.1) is 33.6 Å². The summed E-state index contributed by atoms with van der Waals surface area (Å²) in [5.41, 5.74) is 8.09. The molecule has 1 heterocycles. The van der Waals surface area contributed by atoms with Gasteiger partial charge in [-0.3, -0.25) is 0 Å². The van der Waals surface area contributed by atoms with Crippen LogP contribution in [0.2, 0.25) is 5.02 Å². The minimum Gasteiger partial charge on any atom is -0.496 e. The minimum absolute atomic E-state index is 0.496. The first-order chi connectivity index (χ1) is 9.58. The first-order valence-electron chi connectivity index (χ1n) is 5.78. The average Bonchev–Trinajstić information content (AvgIpc) is 2.84. The van der Waals surface area contributed by atoms with E-state index in [2.05, 4.69) is 20.9 Å². The van der Waals surface area contributed by atoms with Crippen molar-refractivity contribution >= 4 is 54.8 Å². The van der Waals surface area contributed by atoms with E-state index < -0.39 is 0 Å². The molecule has 0 saturated heterocycles. The SMILES string of the molecule is COc1cc(N)c(Cl)cc1-c1nc2cc(Br)ccc2s1. The van der Waals surface area contributed by atoms with Gasteiger partial charge in [-0.15, -0.1) is 11.3 Å². The van der Waals surface area contributed by atoms with Crippen LogP contribution in [0.5, 0.6) is 5.75 Å². The van der Waals surface area contributed by atoms with E-state index in [4.69, 9.17) is 22.1 Å². The first-order valence-corrected chi connectivity index (χ1v) is 7.76. The van der Waals surface area contributed by atoms with Crippen molar-refractivity contribution in [1.82, 2.24) is 4.98 Å². The molecule has 0 fully saturated rings. The lowest BCUT2D eigenvalue weighted by Gasteiger charge is -2.08. The molecule has 3 nitrogen and oxygen atoms in total. The number of aromatic nitrogens is 1. The van der Waals surface area contributed by atoms with E-state index in [0.717, 1.165) is 25.3 Å². The topological polar surface area (TPSA) is 48.1 Å². The number of fused-ring (bicyclic) bond motifs is 1. The van der Waals surface area contributed by atoms with E-state index >= 15 is 0 Å². The largest absolute Gasteiger partial charge is 0.496 e. The Morgan fingerprint density at radius 2 is 2.10 bits per heavy atom. The van der Waals surface area contributed by atoms with Crippen molar-refractivity contribution in [3.63, 3.8) is 0 Å². The van der Waals surface area contributed by atoms with Crippen molar-refractivity contribution in [2.75, 3.05) is 12.8 Å². The number of ether oxygens (including phenoxy) is 1. The fraction of sp³-hybridized carbons (Fsp3) is 0.0714. The zero-order chi connectivity index (χ0) is 14.3. The maximum atomic E-state index is 6.11. The smallest absolute Gasteiger partial charge is 0.131 e. The van der Waals surface area contributed by atoms with Crippen LogP contribution in [0, 0.1) is 0 Å². The van der Waals surface area contributed by atoms with Crippen LogP contribution in [0.3, 0.4) is 0 Å². The summed E-state index contributed by atoms with van der Waals surface area (Å²) < 4.78 is 7.49. The van der Waals surface area contributed by atoms with Crippen LogP contribution in [-0.2, 0) is 0 Å². The van der Waals surface area contributed by atoms with Crippen LogP contribution in [-0.4, -0.2) is 12.1 Å². The quantitative estimate of drug-likeness (QED) is 0.649. The van der Waals surface area contributed by atoms with Crippen LogP contribution < -0.4 is 10.5 Å². The molecule has 0 unspecified atom stereocenters. The molecule has 6 heteroatoms. The van der Waals surface area contributed by atoms with E-state index in [9.17, 15) is 0 Å². The Morgan fingerprint density at radius 1 is 1.30 bits per heavy atom. The third-order valence-corrected chi connectivity index (χ3v) is 4.79. The molecule has 1 aromatic heterocycles. The molecule has 0 aliphatic rings. The highest BCUT2D eigenvalue weighted by Crippen LogP contribution is 2.39. The number of anilines is 1. The van der Waals surface area contributed by atoms with Gasteiger partial charge in [-0.2, -0.15) is 0 Å². The molecular formula is C14H10BrClN2OS. The van der Waals surface area contributed by atoms with Gasteiger partial charge in [0.1, 0.15) is 10.8 Å². The van der Waals surface area contributed by atoms with Gasteiger partial charge in [-0.25, -0.2) is 4.98 Å². The van der Waals surface area contributed by atoms with Crippen LogP contribution >= 0.6 is 38.9 Å². The summed E-state index contributed by atoms with van der Waals surface area (Å²) >= 11 is 11.1. The minimum atomic E-state index is 0.496. The third-order valence-electron chi connectivity index (χ3n) is 2.90. The highest BCUT2D eigenvalue weighted by Gasteiger charge is 2.14. The van der Waals surface area contributed by atoms with Crippen molar-refractivity contribution in [2.45, 2.75) is 0 Å². The van der Waals surface area contributed by atoms with E-state index in [1.165, 1.54) is 0 Å². The molecule has 3 aromatic rings. The van der Waals surface area contributed by atoms with Gasteiger partial charge in [0.15, 0.2) is 0 Å². The molecule has 0 spiro atoms. The molecule has 0 saturated carbocycles. The van der Waals surface area contributed by atoms with E-state index in [1.54, 1.807) is 30.6 Å². The Balaban J connectivity index is 2.22. The summed E-state index contributed by atoms with van der Waals surface area (Å²) in [4.78, 5) is 4.63. The van der Waals surface area contributed by atoms with Gasteiger partial charge in [0, 0.05) is 10.5 Å². The first kappa shape index (κ1) is 13.7. The number of hydrogen-bond donors (Lipinski definition) is 1. The third kappa shape index (κ3) is 2.37. The van der Waals surface area contributed by atoms with Crippen LogP contribution in [0.1, 0.15) is 0 Å². The summed E-state index contributed by atoms with van der Waals surface area (Å²) in [6.07, 6.45) is 0. The van der Waals surface area contributed by atoms with Crippen LogP contribution in [0.15, 0.2) is 34.8 Å². The van der Waals surface area contributed by atoms with Crippen molar-refractivity contribution < 1.29 is 4.74 Å². The number of rotatable bonds is 2. The number of methoxy groups -OCH3 is 1. The number of nitrogen functional groups attached to an aromatic ring is 1. The van der Waals surface area contributed by atoms with Crippen molar-refractivity contribution in [3.05, 3.63) is 39.8 Å². The van der Waals surface area contributed by atoms with Gasteiger partial charge < -0.3 is 10.5 Å². The van der Waals surface area contributed by atoms with E-state index in [-0.39, 0.29) is 0 Å². The Labute approximate surface area is 133 Å². The molecule has 0 atom stereocenters. The van der Waals surface area contributed by atoms with Gasteiger partial charge in [-0.1, -0.05) is 27.5 Å². The molecular weight excluding hydrogens is 360 g/mol. The maximum absolute atomic E-state index is 6.11. The van der Waals surface area contributed by atoms with Crippen LogP contribution in [0.4, 0.5) is 5.69 Å². The summed E-state index contributed by atoms with van der Waals surface area (Å²) in [6, 6.07) is 9.53. The standard InChI is InChI=1S/C14H10BrClN2OS/c1-19-12-6-10(17)9(16)5-8(12)14-18-11-4-7(15)2-3-13(11)20-14/h2-6H,17H2,1H3. The summed E-state index contributed by atoms with van der Waals surface area (Å²) in [6.45, 7) is 0. The predicted octanol–water partition coefficient (Wildman–Crippen LogP) is 4.97. The molecule has 20 heavy (non-hydrogen) atoms. The van der Waals surface area contributed by atoms with E-state index in [1.807, 2.05) is 18.2 Å². The van der Waals surface area contributed by atoms with Crippen molar-refractivity contribution in [2.24, 2.45) is 0 Å². The Hall–Kier alpha value is -1.30. The fourth-order valence-corrected chi connectivity index (χ4v) is 3.40. The second-order valence-electron chi connectivity index (χ2n) is 4.21. The highest BCUT2D eigenvalue weighted by molar-refractivity contribution is 9.10. The predicted molar refractivity (Wildman–Crippen MR) is 88.7 cm³/mol. The number of hydrogen-bond acceptors (Lipinski definition) is 4. The number of nitrogens with zero attached hydrogens (tertiary/aromatic N) is 1. The van der Waals surface area contributed by atoms with Crippen LogP contribution in [0.25, 0.3) is 20.8 Å². The number of nitrogens with two attached hydrogens (primary N) is 1. The normalized spacial score (nSPS) is 10.9. The number of thiazole rings is 1. The molecule has 102 valence electrons. The Bertz CT molecular complexity index is 803. The summed E-state index contributed by atoms with van der Waals surface area (Å²) in [5, 5.41) is 1.36. The number of halogens is 2. The second-order valence-corrected chi connectivity index (χ2v) is 6.56. The Kier molecular flexibility index (Phi) is 3.58. The monoisotopic (exact) mass is 368 g/mol. The highest BCUT2D eigenvalue weighted by atomic mass is 79.9. The summed E-state index contributed by atoms with van der Waals surface area (Å²) in [5.74, 6) is 0.671. The molecule has 0 aliphatic heterocycles. The summed E-state index contributed by atoms with van der Waals surface area (Å²) in [7, 11) is 1.61. The molecule has 0 amide bonds. The molecule has 0 bridgehead atoms. The lowest BCUT2D eigenvalue weighted by atomic mass is 10.2. The maximum Gasteiger partial charge on any atom is 0.131 e. The molecule has 0 aliphatic carbocycles. The zero-order valence-electron chi connectivity index (χ0n) is 10.5.